The SMILES string of the molecule is C[C@@]12O[C@@](CCOc3cccc4c3CCCC4)(CC1O)c1c2c(O)n(-c2ccc(C#N)c3ccccc23)c1O. The van der Waals surface area contributed by atoms with Crippen molar-refractivity contribution in [3.05, 3.63) is 82.4 Å². The first-order valence-electron chi connectivity index (χ1n) is 13.6. The minimum absolute atomic E-state index is 0.120. The van der Waals surface area contributed by atoms with Gasteiger partial charge in [-0.3, -0.25) is 4.57 Å². The van der Waals surface area contributed by atoms with Crippen LogP contribution in [0.15, 0.2) is 54.6 Å². The van der Waals surface area contributed by atoms with E-state index in [4.69, 9.17) is 9.47 Å². The number of fused-ring (bicyclic) bond motifs is 7. The maximum atomic E-state index is 11.7. The van der Waals surface area contributed by atoms with Crippen LogP contribution in [-0.2, 0) is 28.8 Å². The molecule has 7 nitrogen and oxygen atoms in total. The molecule has 39 heavy (non-hydrogen) atoms. The van der Waals surface area contributed by atoms with Crippen molar-refractivity contribution in [2.75, 3.05) is 6.61 Å². The maximum absolute atomic E-state index is 11.7. The lowest BCUT2D eigenvalue weighted by Gasteiger charge is -2.27. The molecule has 7 rings (SSSR count). The van der Waals surface area contributed by atoms with E-state index in [-0.39, 0.29) is 18.2 Å². The third-order valence-corrected chi connectivity index (χ3v) is 9.02. The molecular weight excluding hydrogens is 492 g/mol. The highest BCUT2D eigenvalue weighted by molar-refractivity contribution is 5.95. The molecule has 0 radical (unpaired) electrons. The van der Waals surface area contributed by atoms with Crippen molar-refractivity contribution in [3.63, 3.8) is 0 Å². The van der Waals surface area contributed by atoms with Gasteiger partial charge in [0.2, 0.25) is 11.8 Å². The highest BCUT2D eigenvalue weighted by Crippen LogP contribution is 2.65. The van der Waals surface area contributed by atoms with Crippen molar-refractivity contribution in [1.82, 2.24) is 4.57 Å². The van der Waals surface area contributed by atoms with Gasteiger partial charge in [-0.1, -0.05) is 36.4 Å². The number of nitrogens with zero attached hydrogens (tertiary/aromatic N) is 2. The minimum Gasteiger partial charge on any atom is -0.494 e. The normalized spacial score (nSPS) is 24.9. The Morgan fingerprint density at radius 3 is 2.59 bits per heavy atom. The van der Waals surface area contributed by atoms with E-state index in [1.807, 2.05) is 36.4 Å². The van der Waals surface area contributed by atoms with Gasteiger partial charge in [0.05, 0.1) is 41.2 Å². The molecule has 1 aromatic heterocycles. The second kappa shape index (κ2) is 8.51. The second-order valence-electron chi connectivity index (χ2n) is 11.1. The highest BCUT2D eigenvalue weighted by Gasteiger charge is 2.66. The van der Waals surface area contributed by atoms with Crippen LogP contribution in [0.1, 0.15) is 60.4 Å². The summed E-state index contributed by atoms with van der Waals surface area (Å²) < 4.78 is 14.2. The molecule has 3 N–H and O–H groups in total. The van der Waals surface area contributed by atoms with Crippen LogP contribution in [-0.4, -0.2) is 32.6 Å². The fraction of sp³-hybridized carbons (Fsp3) is 0.344. The highest BCUT2D eigenvalue weighted by atomic mass is 16.6. The number of hydrogen-bond donors (Lipinski definition) is 3. The van der Waals surface area contributed by atoms with E-state index in [2.05, 4.69) is 12.1 Å². The zero-order valence-electron chi connectivity index (χ0n) is 21.8. The van der Waals surface area contributed by atoms with Gasteiger partial charge in [0, 0.05) is 23.6 Å². The molecule has 0 saturated carbocycles. The third kappa shape index (κ3) is 3.28. The van der Waals surface area contributed by atoms with Gasteiger partial charge in [-0.15, -0.1) is 0 Å². The molecule has 0 amide bonds. The third-order valence-electron chi connectivity index (χ3n) is 9.02. The van der Waals surface area contributed by atoms with Gasteiger partial charge in [-0.05, 0) is 61.9 Å². The van der Waals surface area contributed by atoms with E-state index in [1.165, 1.54) is 22.1 Å². The van der Waals surface area contributed by atoms with Crippen LogP contribution in [0.2, 0.25) is 0 Å². The molecule has 1 aliphatic carbocycles. The first-order valence-corrected chi connectivity index (χ1v) is 13.6. The maximum Gasteiger partial charge on any atom is 0.205 e. The van der Waals surface area contributed by atoms with Gasteiger partial charge < -0.3 is 24.8 Å². The van der Waals surface area contributed by atoms with Crippen LogP contribution in [0.5, 0.6) is 17.5 Å². The molecule has 2 bridgehead atoms. The number of ether oxygens (including phenoxy) is 2. The summed E-state index contributed by atoms with van der Waals surface area (Å²) in [6.07, 6.45) is 4.26. The molecule has 0 spiro atoms. The van der Waals surface area contributed by atoms with E-state index in [9.17, 15) is 20.6 Å². The molecular formula is C32H30N2O5. The van der Waals surface area contributed by atoms with Gasteiger partial charge in [-0.25, -0.2) is 0 Å². The summed E-state index contributed by atoms with van der Waals surface area (Å²) in [5, 5.41) is 45.3. The van der Waals surface area contributed by atoms with Crippen molar-refractivity contribution in [2.45, 2.75) is 62.8 Å². The first-order chi connectivity index (χ1) is 18.9. The number of hydrogen-bond acceptors (Lipinski definition) is 6. The van der Waals surface area contributed by atoms with Crippen molar-refractivity contribution < 1.29 is 24.8 Å². The predicted octanol–water partition coefficient (Wildman–Crippen LogP) is 5.47. The van der Waals surface area contributed by atoms with E-state index in [1.54, 1.807) is 19.1 Å². The molecule has 4 aromatic rings. The number of aryl methyl sites for hydroxylation is 1. The number of aliphatic hydroxyl groups excluding tert-OH is 1. The van der Waals surface area contributed by atoms with Crippen molar-refractivity contribution in [1.29, 1.82) is 5.26 Å². The molecule has 7 heteroatoms. The van der Waals surface area contributed by atoms with E-state index in [0.29, 0.717) is 35.4 Å². The molecule has 1 fully saturated rings. The van der Waals surface area contributed by atoms with Crippen molar-refractivity contribution in [2.24, 2.45) is 0 Å². The van der Waals surface area contributed by atoms with Crippen LogP contribution in [0.25, 0.3) is 16.5 Å². The standard InChI is InChI=1S/C32H30N2O5/c1-31-26(35)17-32(39-31,15-16-38-25-12-6-8-19-7-2-3-10-22(19)25)28-27(31)29(36)34(30(28)37)24-14-13-20(18-33)21-9-4-5-11-23(21)24/h4-6,8-9,11-14,26,35-37H,2-3,7,10,15-17H2,1H3/t26?,31-,32+/m1/s1. The summed E-state index contributed by atoms with van der Waals surface area (Å²) in [5.74, 6) is 0.598. The minimum atomic E-state index is -1.17. The summed E-state index contributed by atoms with van der Waals surface area (Å²) in [6.45, 7) is 2.10. The molecule has 1 unspecified atom stereocenters. The van der Waals surface area contributed by atoms with Gasteiger partial charge >= 0.3 is 0 Å². The lowest BCUT2D eigenvalue weighted by atomic mass is 9.76. The van der Waals surface area contributed by atoms with E-state index >= 15 is 0 Å². The second-order valence-corrected chi connectivity index (χ2v) is 11.1. The molecule has 198 valence electrons. The number of aromatic nitrogens is 1. The molecule has 1 saturated heterocycles. The Bertz CT molecular complexity index is 1680. The smallest absolute Gasteiger partial charge is 0.205 e. The lowest BCUT2D eigenvalue weighted by Crippen LogP contribution is -2.33. The number of benzene rings is 3. The number of aliphatic hydroxyl groups is 1. The molecule has 3 aromatic carbocycles. The largest absolute Gasteiger partial charge is 0.494 e. The zero-order chi connectivity index (χ0) is 26.9. The summed E-state index contributed by atoms with van der Waals surface area (Å²) >= 11 is 0. The Kier molecular flexibility index (Phi) is 5.25. The van der Waals surface area contributed by atoms with Crippen molar-refractivity contribution in [3.8, 4) is 29.3 Å². The van der Waals surface area contributed by atoms with Crippen LogP contribution >= 0.6 is 0 Å². The van der Waals surface area contributed by atoms with Crippen LogP contribution < -0.4 is 4.74 Å². The topological polar surface area (TPSA) is 108 Å². The molecule has 2 aliphatic heterocycles. The Morgan fingerprint density at radius 1 is 1.00 bits per heavy atom. The average molecular weight is 523 g/mol. The monoisotopic (exact) mass is 522 g/mol. The first kappa shape index (κ1) is 24.1. The Labute approximate surface area is 226 Å². The van der Waals surface area contributed by atoms with Gasteiger partial charge in [0.1, 0.15) is 17.0 Å². The van der Waals surface area contributed by atoms with E-state index < -0.39 is 17.3 Å². The predicted molar refractivity (Wildman–Crippen MR) is 145 cm³/mol. The summed E-state index contributed by atoms with van der Waals surface area (Å²) in [5.41, 5.74) is 2.40. The fourth-order valence-electron chi connectivity index (χ4n) is 7.13. The number of nitriles is 1. The van der Waals surface area contributed by atoms with Gasteiger partial charge in [-0.2, -0.15) is 5.26 Å². The van der Waals surface area contributed by atoms with Gasteiger partial charge in [0.15, 0.2) is 0 Å². The molecule has 3 atom stereocenters. The average Bonchev–Trinajstić information content (AvgIpc) is 3.49. The lowest BCUT2D eigenvalue weighted by molar-refractivity contribution is -0.107. The van der Waals surface area contributed by atoms with Gasteiger partial charge in [0.25, 0.3) is 0 Å². The van der Waals surface area contributed by atoms with Crippen LogP contribution in [0.3, 0.4) is 0 Å². The fourth-order valence-corrected chi connectivity index (χ4v) is 7.13. The summed E-state index contributed by atoms with van der Waals surface area (Å²) in [6, 6.07) is 19.3. The Balaban J connectivity index is 1.29. The molecule has 3 heterocycles. The zero-order valence-corrected chi connectivity index (χ0v) is 21.8. The number of aromatic hydroxyl groups is 2. The van der Waals surface area contributed by atoms with Crippen LogP contribution in [0.4, 0.5) is 0 Å². The summed E-state index contributed by atoms with van der Waals surface area (Å²) in [7, 11) is 0. The van der Waals surface area contributed by atoms with Crippen LogP contribution in [0, 0.1) is 11.3 Å². The Hall–Kier alpha value is -3.99. The van der Waals surface area contributed by atoms with E-state index in [0.717, 1.165) is 35.8 Å². The number of rotatable bonds is 5. The van der Waals surface area contributed by atoms with Crippen molar-refractivity contribution >= 4 is 10.8 Å². The Morgan fingerprint density at radius 2 is 1.77 bits per heavy atom. The molecule has 3 aliphatic rings. The summed E-state index contributed by atoms with van der Waals surface area (Å²) in [4.78, 5) is 0. The quantitative estimate of drug-likeness (QED) is 0.321.